The van der Waals surface area contributed by atoms with E-state index in [1.54, 1.807) is 24.3 Å². The monoisotopic (exact) mass is 388 g/mol. The van der Waals surface area contributed by atoms with E-state index >= 15 is 0 Å². The Hall–Kier alpha value is -2.64. The maximum Gasteiger partial charge on any atom is 0.263 e. The van der Waals surface area contributed by atoms with Gasteiger partial charge in [0.15, 0.2) is 5.82 Å². The van der Waals surface area contributed by atoms with Crippen LogP contribution in [0.5, 0.6) is 0 Å². The third-order valence-corrected chi connectivity index (χ3v) is 5.16. The lowest BCUT2D eigenvalue weighted by Crippen LogP contribution is -2.15. The number of rotatable bonds is 7. The van der Waals surface area contributed by atoms with Gasteiger partial charge in [0, 0.05) is 11.6 Å². The normalized spacial score (nSPS) is 11.1. The first-order chi connectivity index (χ1) is 12.5. The van der Waals surface area contributed by atoms with Crippen LogP contribution in [0.15, 0.2) is 71.6 Å². The zero-order chi connectivity index (χ0) is 18.4. The zero-order valence-corrected chi connectivity index (χ0v) is 15.3. The predicted octanol–water partition coefficient (Wildman–Crippen LogP) is 3.59. The molecule has 3 aromatic rings. The van der Waals surface area contributed by atoms with E-state index in [1.165, 1.54) is 17.7 Å². The Morgan fingerprint density at radius 1 is 0.885 bits per heavy atom. The first kappa shape index (κ1) is 18.2. The largest absolute Gasteiger partial charge is 0.368 e. The molecule has 26 heavy (non-hydrogen) atoms. The summed E-state index contributed by atoms with van der Waals surface area (Å²) in [6.45, 7) is 0.701. The van der Waals surface area contributed by atoms with Gasteiger partial charge in [-0.3, -0.25) is 4.72 Å². The van der Waals surface area contributed by atoms with Crippen LogP contribution in [0.1, 0.15) is 5.56 Å². The molecule has 134 valence electrons. The molecule has 0 aliphatic heterocycles. The van der Waals surface area contributed by atoms with E-state index in [4.69, 9.17) is 11.6 Å². The molecule has 2 aromatic carbocycles. The summed E-state index contributed by atoms with van der Waals surface area (Å²) < 4.78 is 27.0. The highest BCUT2D eigenvalue weighted by molar-refractivity contribution is 7.92. The van der Waals surface area contributed by atoms with Crippen molar-refractivity contribution in [3.63, 3.8) is 0 Å². The van der Waals surface area contributed by atoms with Gasteiger partial charge in [-0.2, -0.15) is 0 Å². The Labute approximate surface area is 157 Å². The van der Waals surface area contributed by atoms with Gasteiger partial charge < -0.3 is 5.32 Å². The van der Waals surface area contributed by atoms with Crippen LogP contribution in [-0.2, 0) is 16.4 Å². The Morgan fingerprint density at radius 3 is 2.31 bits per heavy atom. The van der Waals surface area contributed by atoms with E-state index in [9.17, 15) is 8.42 Å². The number of halogens is 1. The van der Waals surface area contributed by atoms with Crippen LogP contribution >= 0.6 is 11.6 Å². The Balaban J connectivity index is 1.59. The lowest BCUT2D eigenvalue weighted by molar-refractivity contribution is 0.601. The number of nitrogens with one attached hydrogen (secondary N) is 2. The van der Waals surface area contributed by atoms with Crippen molar-refractivity contribution in [3.8, 4) is 0 Å². The topological polar surface area (TPSA) is 84.0 Å². The number of nitrogens with zero attached hydrogens (tertiary/aromatic N) is 2. The van der Waals surface area contributed by atoms with Crippen molar-refractivity contribution in [2.45, 2.75) is 11.3 Å². The second-order valence-electron chi connectivity index (χ2n) is 5.53. The van der Waals surface area contributed by atoms with Crippen molar-refractivity contribution in [2.75, 3.05) is 16.6 Å². The maximum absolute atomic E-state index is 12.3. The van der Waals surface area contributed by atoms with Gasteiger partial charge in [-0.05, 0) is 42.3 Å². The van der Waals surface area contributed by atoms with Crippen LogP contribution in [0.25, 0.3) is 0 Å². The smallest absolute Gasteiger partial charge is 0.263 e. The maximum atomic E-state index is 12.3. The van der Waals surface area contributed by atoms with Gasteiger partial charge in [-0.1, -0.05) is 48.0 Å². The standard InChI is InChI=1S/C18H17ClN4O2S/c19-15-7-4-8-16(13-15)26(24,25)23-18-10-9-17(21-22-18)20-12-11-14-5-2-1-3-6-14/h1-10,13H,11-12H2,(H,20,21)(H,22,23). The highest BCUT2D eigenvalue weighted by Crippen LogP contribution is 2.18. The molecule has 0 spiro atoms. The molecule has 0 saturated carbocycles. The fourth-order valence-corrected chi connectivity index (χ4v) is 3.59. The minimum atomic E-state index is -3.76. The average molecular weight is 389 g/mol. The molecule has 0 radical (unpaired) electrons. The van der Waals surface area contributed by atoms with Gasteiger partial charge in [-0.15, -0.1) is 10.2 Å². The lowest BCUT2D eigenvalue weighted by Gasteiger charge is -2.08. The Bertz CT molecular complexity index is 964. The van der Waals surface area contributed by atoms with Crippen LogP contribution in [0.3, 0.4) is 0 Å². The molecule has 0 saturated heterocycles. The summed E-state index contributed by atoms with van der Waals surface area (Å²) >= 11 is 5.84. The van der Waals surface area contributed by atoms with Gasteiger partial charge in [0.25, 0.3) is 10.0 Å². The number of hydrogen-bond donors (Lipinski definition) is 2. The number of benzene rings is 2. The summed E-state index contributed by atoms with van der Waals surface area (Å²) in [5.41, 5.74) is 1.22. The van der Waals surface area contributed by atoms with Crippen LogP contribution in [-0.4, -0.2) is 25.2 Å². The van der Waals surface area contributed by atoms with E-state index in [-0.39, 0.29) is 10.7 Å². The van der Waals surface area contributed by atoms with Gasteiger partial charge in [0.1, 0.15) is 5.82 Å². The molecular formula is C18H17ClN4O2S. The summed E-state index contributed by atoms with van der Waals surface area (Å²) in [6, 6.07) is 19.3. The summed E-state index contributed by atoms with van der Waals surface area (Å²) in [5.74, 6) is 0.713. The van der Waals surface area contributed by atoms with E-state index in [0.29, 0.717) is 17.4 Å². The predicted molar refractivity (Wildman–Crippen MR) is 103 cm³/mol. The van der Waals surface area contributed by atoms with Crippen molar-refractivity contribution in [1.82, 2.24) is 10.2 Å². The number of aromatic nitrogens is 2. The van der Waals surface area contributed by atoms with Gasteiger partial charge in [-0.25, -0.2) is 8.42 Å². The lowest BCUT2D eigenvalue weighted by atomic mass is 10.1. The van der Waals surface area contributed by atoms with E-state index in [0.717, 1.165) is 6.42 Å². The van der Waals surface area contributed by atoms with Gasteiger partial charge in [0.05, 0.1) is 4.90 Å². The number of anilines is 2. The summed E-state index contributed by atoms with van der Waals surface area (Å²) in [5, 5.41) is 11.4. The quantitative estimate of drug-likeness (QED) is 0.646. The summed E-state index contributed by atoms with van der Waals surface area (Å²) in [7, 11) is -3.76. The van der Waals surface area contributed by atoms with E-state index in [1.807, 2.05) is 18.2 Å². The van der Waals surface area contributed by atoms with Crippen LogP contribution < -0.4 is 10.0 Å². The first-order valence-corrected chi connectivity index (χ1v) is 9.79. The van der Waals surface area contributed by atoms with Crippen molar-refractivity contribution in [1.29, 1.82) is 0 Å². The van der Waals surface area contributed by atoms with Crippen molar-refractivity contribution >= 4 is 33.3 Å². The van der Waals surface area contributed by atoms with Crippen molar-refractivity contribution in [2.24, 2.45) is 0 Å². The highest BCUT2D eigenvalue weighted by Gasteiger charge is 2.15. The molecule has 8 heteroatoms. The highest BCUT2D eigenvalue weighted by atomic mass is 35.5. The third-order valence-electron chi connectivity index (χ3n) is 3.57. The zero-order valence-electron chi connectivity index (χ0n) is 13.8. The van der Waals surface area contributed by atoms with Crippen LogP contribution in [0.4, 0.5) is 11.6 Å². The molecule has 6 nitrogen and oxygen atoms in total. The van der Waals surface area contributed by atoms with Gasteiger partial charge >= 0.3 is 0 Å². The molecule has 2 N–H and O–H groups in total. The molecule has 3 rings (SSSR count). The molecule has 0 atom stereocenters. The van der Waals surface area contributed by atoms with Crippen molar-refractivity contribution < 1.29 is 8.42 Å². The Morgan fingerprint density at radius 2 is 1.62 bits per heavy atom. The fraction of sp³-hybridized carbons (Fsp3) is 0.111. The minimum absolute atomic E-state index is 0.0665. The molecule has 0 bridgehead atoms. The van der Waals surface area contributed by atoms with E-state index < -0.39 is 10.0 Å². The second kappa shape index (κ2) is 8.16. The van der Waals surface area contributed by atoms with Crippen LogP contribution in [0.2, 0.25) is 5.02 Å². The third kappa shape index (κ3) is 4.93. The first-order valence-electron chi connectivity index (χ1n) is 7.93. The molecule has 0 unspecified atom stereocenters. The Kier molecular flexibility index (Phi) is 5.70. The molecule has 0 aliphatic rings. The number of hydrogen-bond acceptors (Lipinski definition) is 5. The summed E-state index contributed by atoms with van der Waals surface area (Å²) in [4.78, 5) is 0.0665. The van der Waals surface area contributed by atoms with Crippen molar-refractivity contribution in [3.05, 3.63) is 77.3 Å². The molecule has 1 aromatic heterocycles. The van der Waals surface area contributed by atoms with Gasteiger partial charge in [0.2, 0.25) is 0 Å². The average Bonchev–Trinajstić information content (AvgIpc) is 2.64. The minimum Gasteiger partial charge on any atom is -0.368 e. The SMILES string of the molecule is O=S(=O)(Nc1ccc(NCCc2ccccc2)nn1)c1cccc(Cl)c1. The fourth-order valence-electron chi connectivity index (χ4n) is 2.29. The molecule has 0 amide bonds. The molecule has 1 heterocycles. The number of sulfonamides is 1. The summed E-state index contributed by atoms with van der Waals surface area (Å²) in [6.07, 6.45) is 0.853. The van der Waals surface area contributed by atoms with Crippen LogP contribution in [0, 0.1) is 0 Å². The second-order valence-corrected chi connectivity index (χ2v) is 7.65. The molecule has 0 aliphatic carbocycles. The molecule has 0 fully saturated rings. The van der Waals surface area contributed by atoms with E-state index in [2.05, 4.69) is 32.4 Å². The molecular weight excluding hydrogens is 372 g/mol.